The fraction of sp³-hybridized carbons (Fsp3) is 0.368. The van der Waals surface area contributed by atoms with Crippen LogP contribution in [-0.2, 0) is 0 Å². The molecule has 0 unspecified atom stereocenters. The number of aromatic nitrogens is 2. The van der Waals surface area contributed by atoms with Crippen molar-refractivity contribution in [2.45, 2.75) is 19.3 Å². The molecule has 1 aromatic carbocycles. The predicted molar refractivity (Wildman–Crippen MR) is 93.2 cm³/mol. The Bertz CT molecular complexity index is 687. The third-order valence-corrected chi connectivity index (χ3v) is 4.69. The molecule has 0 saturated carbocycles. The highest BCUT2D eigenvalue weighted by molar-refractivity contribution is 5.59. The van der Waals surface area contributed by atoms with Gasteiger partial charge in [0.1, 0.15) is 5.82 Å². The van der Waals surface area contributed by atoms with Crippen molar-refractivity contribution in [1.82, 2.24) is 10.2 Å². The average Bonchev–Trinajstić information content (AvgIpc) is 2.63. The van der Waals surface area contributed by atoms with Gasteiger partial charge < -0.3 is 10.0 Å². The lowest BCUT2D eigenvalue weighted by atomic mass is 9.78. The molecule has 2 heterocycles. The van der Waals surface area contributed by atoms with Gasteiger partial charge in [-0.25, -0.2) is 4.39 Å². The molecule has 2 aromatic rings. The van der Waals surface area contributed by atoms with E-state index in [4.69, 9.17) is 0 Å². The summed E-state index contributed by atoms with van der Waals surface area (Å²) < 4.78 is 13.0. The monoisotopic (exact) mass is 327 g/mol. The van der Waals surface area contributed by atoms with Crippen LogP contribution in [0.15, 0.2) is 49.1 Å². The van der Waals surface area contributed by atoms with Gasteiger partial charge in [-0.2, -0.15) is 0 Å². The van der Waals surface area contributed by atoms with E-state index in [9.17, 15) is 9.50 Å². The van der Waals surface area contributed by atoms with Gasteiger partial charge in [-0.3, -0.25) is 0 Å². The number of halogens is 1. The number of aliphatic hydroxyl groups excluding tert-OH is 1. The molecule has 3 rings (SSSR count). The Hall–Kier alpha value is -2.27. The molecule has 4 nitrogen and oxygen atoms in total. The second-order valence-electron chi connectivity index (χ2n) is 6.46. The van der Waals surface area contributed by atoms with Crippen molar-refractivity contribution in [3.05, 3.63) is 54.9 Å². The molecule has 1 N–H and O–H groups in total. The van der Waals surface area contributed by atoms with Crippen LogP contribution in [0, 0.1) is 11.2 Å². The summed E-state index contributed by atoms with van der Waals surface area (Å²) in [5, 5.41) is 18.4. The highest BCUT2D eigenvalue weighted by Crippen LogP contribution is 2.35. The van der Waals surface area contributed by atoms with Gasteiger partial charge in [0.25, 0.3) is 0 Å². The minimum atomic E-state index is -0.265. The van der Waals surface area contributed by atoms with Crippen molar-refractivity contribution in [2.24, 2.45) is 5.41 Å². The quantitative estimate of drug-likeness (QED) is 0.855. The molecule has 1 aromatic heterocycles. The molecule has 1 aliphatic heterocycles. The van der Waals surface area contributed by atoms with Gasteiger partial charge in [0.2, 0.25) is 0 Å². The molecule has 0 amide bonds. The summed E-state index contributed by atoms with van der Waals surface area (Å²) in [6, 6.07) is 10.1. The Morgan fingerprint density at radius 1 is 1.21 bits per heavy atom. The number of nitrogens with zero attached hydrogens (tertiary/aromatic N) is 3. The van der Waals surface area contributed by atoms with Gasteiger partial charge in [0, 0.05) is 24.1 Å². The SMILES string of the molecule is C=CC[C@@]1(CO)CCCN(c2ccc(-c3ccc(F)cc3)nn2)C1. The van der Waals surface area contributed by atoms with Crippen molar-refractivity contribution in [3.63, 3.8) is 0 Å². The molecule has 0 aliphatic carbocycles. The van der Waals surface area contributed by atoms with E-state index in [0.717, 1.165) is 49.4 Å². The fourth-order valence-corrected chi connectivity index (χ4v) is 3.34. The van der Waals surface area contributed by atoms with E-state index in [1.54, 1.807) is 12.1 Å². The first kappa shape index (κ1) is 16.6. The Morgan fingerprint density at radius 2 is 2.00 bits per heavy atom. The van der Waals surface area contributed by atoms with Gasteiger partial charge in [-0.1, -0.05) is 6.08 Å². The smallest absolute Gasteiger partial charge is 0.151 e. The maximum atomic E-state index is 13.0. The first-order valence-corrected chi connectivity index (χ1v) is 8.22. The van der Waals surface area contributed by atoms with Crippen molar-refractivity contribution in [2.75, 3.05) is 24.6 Å². The zero-order valence-corrected chi connectivity index (χ0v) is 13.7. The predicted octanol–water partition coefficient (Wildman–Crippen LogP) is 3.44. The summed E-state index contributed by atoms with van der Waals surface area (Å²) in [6.07, 6.45) is 4.67. The summed E-state index contributed by atoms with van der Waals surface area (Å²) >= 11 is 0. The molecule has 126 valence electrons. The molecule has 1 fully saturated rings. The molecular weight excluding hydrogens is 305 g/mol. The minimum Gasteiger partial charge on any atom is -0.396 e. The molecule has 24 heavy (non-hydrogen) atoms. The third-order valence-electron chi connectivity index (χ3n) is 4.69. The number of piperidine rings is 1. The van der Waals surface area contributed by atoms with Crippen LogP contribution in [0.5, 0.6) is 0 Å². The van der Waals surface area contributed by atoms with Crippen molar-refractivity contribution < 1.29 is 9.50 Å². The molecule has 5 heteroatoms. The lowest BCUT2D eigenvalue weighted by Gasteiger charge is -2.41. The van der Waals surface area contributed by atoms with Crippen molar-refractivity contribution >= 4 is 5.82 Å². The number of rotatable bonds is 5. The summed E-state index contributed by atoms with van der Waals surface area (Å²) in [4.78, 5) is 2.17. The third kappa shape index (κ3) is 3.46. The Balaban J connectivity index is 1.77. The minimum absolute atomic E-state index is 0.142. The van der Waals surface area contributed by atoms with Crippen LogP contribution < -0.4 is 4.90 Å². The van der Waals surface area contributed by atoms with Gasteiger partial charge in [-0.15, -0.1) is 16.8 Å². The van der Waals surface area contributed by atoms with Gasteiger partial charge >= 0.3 is 0 Å². The molecule has 1 atom stereocenters. The van der Waals surface area contributed by atoms with Crippen LogP contribution in [0.1, 0.15) is 19.3 Å². The summed E-state index contributed by atoms with van der Waals surface area (Å²) in [7, 11) is 0. The number of benzene rings is 1. The normalized spacial score (nSPS) is 20.8. The standard InChI is InChI=1S/C19H22FN3O/c1-2-10-19(14-24)11-3-12-23(13-19)18-9-8-17(21-22-18)15-4-6-16(20)7-5-15/h2,4-9,24H,1,3,10-14H2/t19-/m1/s1. The number of aliphatic hydroxyl groups is 1. The van der Waals surface area contributed by atoms with E-state index in [2.05, 4.69) is 21.7 Å². The lowest BCUT2D eigenvalue weighted by molar-refractivity contribution is 0.108. The molecule has 0 radical (unpaired) electrons. The van der Waals surface area contributed by atoms with Gasteiger partial charge in [0.05, 0.1) is 12.3 Å². The van der Waals surface area contributed by atoms with E-state index in [0.29, 0.717) is 0 Å². The molecule has 0 spiro atoms. The highest BCUT2D eigenvalue weighted by atomic mass is 19.1. The Labute approximate surface area is 141 Å². The highest BCUT2D eigenvalue weighted by Gasteiger charge is 2.34. The van der Waals surface area contributed by atoms with Gasteiger partial charge in [0.15, 0.2) is 5.82 Å². The lowest BCUT2D eigenvalue weighted by Crippen LogP contribution is -2.45. The van der Waals surface area contributed by atoms with Crippen LogP contribution >= 0.6 is 0 Å². The maximum absolute atomic E-state index is 13.0. The van der Waals surface area contributed by atoms with E-state index < -0.39 is 0 Å². The van der Waals surface area contributed by atoms with Gasteiger partial charge in [-0.05, 0) is 55.7 Å². The Morgan fingerprint density at radius 3 is 2.62 bits per heavy atom. The van der Waals surface area contributed by atoms with Crippen LogP contribution in [0.3, 0.4) is 0 Å². The molecule has 0 bridgehead atoms. The zero-order chi connectivity index (χ0) is 17.0. The number of hydrogen-bond acceptors (Lipinski definition) is 4. The van der Waals surface area contributed by atoms with E-state index in [-0.39, 0.29) is 17.8 Å². The zero-order valence-electron chi connectivity index (χ0n) is 13.7. The first-order valence-electron chi connectivity index (χ1n) is 8.22. The first-order chi connectivity index (χ1) is 11.7. The van der Waals surface area contributed by atoms with E-state index in [1.807, 2.05) is 18.2 Å². The summed E-state index contributed by atoms with van der Waals surface area (Å²) in [6.45, 7) is 5.62. The van der Waals surface area contributed by atoms with Crippen LogP contribution in [-0.4, -0.2) is 35.0 Å². The topological polar surface area (TPSA) is 49.2 Å². The summed E-state index contributed by atoms with van der Waals surface area (Å²) in [5.74, 6) is 0.543. The average molecular weight is 327 g/mol. The van der Waals surface area contributed by atoms with E-state index in [1.165, 1.54) is 12.1 Å². The second-order valence-corrected chi connectivity index (χ2v) is 6.46. The summed E-state index contributed by atoms with van der Waals surface area (Å²) in [5.41, 5.74) is 1.41. The van der Waals surface area contributed by atoms with Crippen molar-refractivity contribution in [3.8, 4) is 11.3 Å². The fourth-order valence-electron chi connectivity index (χ4n) is 3.34. The second kappa shape index (κ2) is 7.09. The van der Waals surface area contributed by atoms with Crippen molar-refractivity contribution in [1.29, 1.82) is 0 Å². The number of allylic oxidation sites excluding steroid dienone is 1. The van der Waals surface area contributed by atoms with Crippen LogP contribution in [0.25, 0.3) is 11.3 Å². The Kier molecular flexibility index (Phi) is 4.90. The van der Waals surface area contributed by atoms with Crippen LogP contribution in [0.4, 0.5) is 10.2 Å². The number of anilines is 1. The molecule has 1 aliphatic rings. The molecular formula is C19H22FN3O. The maximum Gasteiger partial charge on any atom is 0.151 e. The molecule has 1 saturated heterocycles. The largest absolute Gasteiger partial charge is 0.396 e. The number of hydrogen-bond donors (Lipinski definition) is 1. The van der Waals surface area contributed by atoms with E-state index >= 15 is 0 Å². The van der Waals surface area contributed by atoms with Crippen LogP contribution in [0.2, 0.25) is 0 Å².